The lowest BCUT2D eigenvalue weighted by Gasteiger charge is -2.09. The third-order valence-corrected chi connectivity index (χ3v) is 3.13. The SMILES string of the molecule is O=C(CNc1cc(Cl)c(F)c(Cl)c1)Nc1ccccc1F. The molecule has 0 heterocycles. The van der Waals surface area contributed by atoms with Crippen LogP contribution >= 0.6 is 23.2 Å². The van der Waals surface area contributed by atoms with E-state index in [4.69, 9.17) is 23.2 Å². The lowest BCUT2D eigenvalue weighted by molar-refractivity contribution is -0.114. The minimum Gasteiger partial charge on any atom is -0.376 e. The molecule has 0 saturated carbocycles. The fraction of sp³-hybridized carbons (Fsp3) is 0.0714. The molecule has 2 aromatic rings. The highest BCUT2D eigenvalue weighted by Crippen LogP contribution is 2.27. The van der Waals surface area contributed by atoms with E-state index in [2.05, 4.69) is 10.6 Å². The van der Waals surface area contributed by atoms with Gasteiger partial charge in [0.05, 0.1) is 22.3 Å². The first-order valence-corrected chi connectivity index (χ1v) is 6.66. The highest BCUT2D eigenvalue weighted by molar-refractivity contribution is 6.35. The molecule has 0 unspecified atom stereocenters. The third-order valence-electron chi connectivity index (χ3n) is 2.58. The Morgan fingerprint density at radius 1 is 1.10 bits per heavy atom. The highest BCUT2D eigenvalue weighted by Gasteiger charge is 2.09. The van der Waals surface area contributed by atoms with Gasteiger partial charge < -0.3 is 10.6 Å². The van der Waals surface area contributed by atoms with Crippen molar-refractivity contribution in [1.29, 1.82) is 0 Å². The van der Waals surface area contributed by atoms with Crippen LogP contribution in [0.5, 0.6) is 0 Å². The number of carbonyl (C=O) groups excluding carboxylic acids is 1. The van der Waals surface area contributed by atoms with Gasteiger partial charge in [-0.3, -0.25) is 4.79 Å². The maximum atomic E-state index is 13.4. The average molecular weight is 331 g/mol. The molecule has 110 valence electrons. The summed E-state index contributed by atoms with van der Waals surface area (Å²) in [5.41, 5.74) is 0.467. The summed E-state index contributed by atoms with van der Waals surface area (Å²) >= 11 is 11.3. The summed E-state index contributed by atoms with van der Waals surface area (Å²) in [7, 11) is 0. The number of carbonyl (C=O) groups is 1. The van der Waals surface area contributed by atoms with Crippen LogP contribution in [-0.4, -0.2) is 12.5 Å². The molecule has 2 rings (SSSR count). The first-order chi connectivity index (χ1) is 9.97. The number of rotatable bonds is 4. The zero-order valence-electron chi connectivity index (χ0n) is 10.6. The van der Waals surface area contributed by atoms with Crippen molar-refractivity contribution in [1.82, 2.24) is 0 Å². The minimum atomic E-state index is -0.723. The summed E-state index contributed by atoms with van der Waals surface area (Å²) in [5, 5.41) is 4.82. The average Bonchev–Trinajstić information content (AvgIpc) is 2.45. The zero-order chi connectivity index (χ0) is 15.4. The highest BCUT2D eigenvalue weighted by atomic mass is 35.5. The summed E-state index contributed by atoms with van der Waals surface area (Å²) in [6, 6.07) is 8.41. The topological polar surface area (TPSA) is 41.1 Å². The number of amides is 1. The van der Waals surface area contributed by atoms with Crippen molar-refractivity contribution in [3.8, 4) is 0 Å². The molecule has 0 atom stereocenters. The Labute approximate surface area is 129 Å². The smallest absolute Gasteiger partial charge is 0.243 e. The van der Waals surface area contributed by atoms with Crippen molar-refractivity contribution >= 4 is 40.5 Å². The number of hydrogen-bond acceptors (Lipinski definition) is 2. The van der Waals surface area contributed by atoms with Crippen LogP contribution in [-0.2, 0) is 4.79 Å². The molecule has 3 nitrogen and oxygen atoms in total. The molecule has 0 aliphatic heterocycles. The van der Waals surface area contributed by atoms with Gasteiger partial charge in [0.1, 0.15) is 5.82 Å². The van der Waals surface area contributed by atoms with Gasteiger partial charge in [0.2, 0.25) is 5.91 Å². The lowest BCUT2D eigenvalue weighted by atomic mass is 10.3. The monoisotopic (exact) mass is 330 g/mol. The predicted octanol–water partition coefficient (Wildman–Crippen LogP) is 4.32. The van der Waals surface area contributed by atoms with Gasteiger partial charge in [0.25, 0.3) is 0 Å². The van der Waals surface area contributed by atoms with Gasteiger partial charge in [0, 0.05) is 5.69 Å². The molecule has 0 fully saturated rings. The van der Waals surface area contributed by atoms with Crippen LogP contribution in [0.4, 0.5) is 20.2 Å². The summed E-state index contributed by atoms with van der Waals surface area (Å²) in [6.45, 7) is -0.146. The van der Waals surface area contributed by atoms with Gasteiger partial charge in [-0.1, -0.05) is 35.3 Å². The number of halogens is 4. The summed E-state index contributed by atoms with van der Waals surface area (Å²) in [5.74, 6) is -1.71. The first kappa shape index (κ1) is 15.5. The molecule has 0 spiro atoms. The fourth-order valence-corrected chi connectivity index (χ4v) is 2.08. The van der Waals surface area contributed by atoms with E-state index in [-0.39, 0.29) is 22.3 Å². The molecule has 0 aliphatic rings. The van der Waals surface area contributed by atoms with Crippen molar-refractivity contribution in [3.05, 3.63) is 58.1 Å². The van der Waals surface area contributed by atoms with Crippen LogP contribution in [0.25, 0.3) is 0 Å². The number of benzene rings is 2. The van der Waals surface area contributed by atoms with E-state index in [0.29, 0.717) is 5.69 Å². The standard InChI is InChI=1S/C14H10Cl2F2N2O/c15-9-5-8(6-10(16)14(9)18)19-7-13(21)20-12-4-2-1-3-11(12)17/h1-6,19H,7H2,(H,20,21). The van der Waals surface area contributed by atoms with Crippen molar-refractivity contribution < 1.29 is 13.6 Å². The van der Waals surface area contributed by atoms with Crippen LogP contribution in [0.15, 0.2) is 36.4 Å². The van der Waals surface area contributed by atoms with Gasteiger partial charge in [-0.25, -0.2) is 8.78 Å². The summed E-state index contributed by atoms with van der Waals surface area (Å²) in [6.07, 6.45) is 0. The summed E-state index contributed by atoms with van der Waals surface area (Å²) in [4.78, 5) is 11.7. The normalized spacial score (nSPS) is 10.3. The van der Waals surface area contributed by atoms with Crippen LogP contribution in [0, 0.1) is 11.6 Å². The van der Waals surface area contributed by atoms with Crippen molar-refractivity contribution in [2.24, 2.45) is 0 Å². The van der Waals surface area contributed by atoms with E-state index in [1.54, 1.807) is 6.07 Å². The van der Waals surface area contributed by atoms with Crippen molar-refractivity contribution in [2.75, 3.05) is 17.2 Å². The third kappa shape index (κ3) is 4.06. The van der Waals surface area contributed by atoms with Crippen LogP contribution in [0.2, 0.25) is 10.0 Å². The van der Waals surface area contributed by atoms with E-state index in [0.717, 1.165) is 0 Å². The van der Waals surface area contributed by atoms with E-state index >= 15 is 0 Å². The van der Waals surface area contributed by atoms with Gasteiger partial charge in [0.15, 0.2) is 5.82 Å². The quantitative estimate of drug-likeness (QED) is 0.819. The Bertz CT molecular complexity index is 657. The second kappa shape index (κ2) is 6.74. The lowest BCUT2D eigenvalue weighted by Crippen LogP contribution is -2.22. The predicted molar refractivity (Wildman–Crippen MR) is 79.9 cm³/mol. The molecular weight excluding hydrogens is 321 g/mol. The van der Waals surface area contributed by atoms with Crippen LogP contribution in [0.1, 0.15) is 0 Å². The molecule has 2 N–H and O–H groups in total. The molecular formula is C14H10Cl2F2N2O. The van der Waals surface area contributed by atoms with Crippen molar-refractivity contribution in [2.45, 2.75) is 0 Å². The number of anilines is 2. The second-order valence-electron chi connectivity index (χ2n) is 4.14. The Hall–Kier alpha value is -1.85. The molecule has 0 aliphatic carbocycles. The number of hydrogen-bond donors (Lipinski definition) is 2. The van der Waals surface area contributed by atoms with Crippen LogP contribution in [0.3, 0.4) is 0 Å². The summed E-state index contributed by atoms with van der Waals surface area (Å²) < 4.78 is 26.6. The second-order valence-corrected chi connectivity index (χ2v) is 4.95. The van der Waals surface area contributed by atoms with Gasteiger partial charge >= 0.3 is 0 Å². The van der Waals surface area contributed by atoms with E-state index in [1.807, 2.05) is 0 Å². The number of para-hydroxylation sites is 1. The van der Waals surface area contributed by atoms with E-state index in [9.17, 15) is 13.6 Å². The molecule has 0 radical (unpaired) electrons. The Morgan fingerprint density at radius 2 is 1.71 bits per heavy atom. The minimum absolute atomic E-state index is 0.0828. The van der Waals surface area contributed by atoms with Gasteiger partial charge in [-0.2, -0.15) is 0 Å². The van der Waals surface area contributed by atoms with Crippen molar-refractivity contribution in [3.63, 3.8) is 0 Å². The fourth-order valence-electron chi connectivity index (χ4n) is 1.60. The van der Waals surface area contributed by atoms with E-state index in [1.165, 1.54) is 30.3 Å². The first-order valence-electron chi connectivity index (χ1n) is 5.90. The largest absolute Gasteiger partial charge is 0.376 e. The van der Waals surface area contributed by atoms with Gasteiger partial charge in [-0.15, -0.1) is 0 Å². The molecule has 21 heavy (non-hydrogen) atoms. The maximum absolute atomic E-state index is 13.4. The Morgan fingerprint density at radius 3 is 2.33 bits per heavy atom. The molecule has 0 saturated heterocycles. The molecule has 0 aromatic heterocycles. The maximum Gasteiger partial charge on any atom is 0.243 e. The van der Waals surface area contributed by atoms with Gasteiger partial charge in [-0.05, 0) is 24.3 Å². The number of nitrogens with one attached hydrogen (secondary N) is 2. The molecule has 7 heteroatoms. The Balaban J connectivity index is 1.97. The van der Waals surface area contributed by atoms with E-state index < -0.39 is 17.5 Å². The Kier molecular flexibility index (Phi) is 4.98. The molecule has 0 bridgehead atoms. The molecule has 1 amide bonds. The molecule has 2 aromatic carbocycles. The zero-order valence-corrected chi connectivity index (χ0v) is 12.1. The van der Waals surface area contributed by atoms with Crippen LogP contribution < -0.4 is 10.6 Å².